The van der Waals surface area contributed by atoms with Gasteiger partial charge in [-0.3, -0.25) is 9.59 Å². The second kappa shape index (κ2) is 8.10. The Morgan fingerprint density at radius 2 is 1.75 bits per heavy atom. The molecule has 0 aromatic heterocycles. The minimum Gasteiger partial charge on any atom is -0.481 e. The molecule has 16 heavy (non-hydrogen) atoms. The van der Waals surface area contributed by atoms with Gasteiger partial charge >= 0.3 is 11.9 Å². The molecule has 3 N–H and O–H groups in total. The van der Waals surface area contributed by atoms with Crippen LogP contribution in [0.25, 0.3) is 0 Å². The zero-order valence-corrected chi connectivity index (χ0v) is 9.56. The van der Waals surface area contributed by atoms with Gasteiger partial charge in [-0.1, -0.05) is 32.6 Å². The van der Waals surface area contributed by atoms with Crippen molar-refractivity contribution in [3.8, 4) is 0 Å². The first kappa shape index (κ1) is 14.9. The van der Waals surface area contributed by atoms with E-state index in [1.807, 2.05) is 6.92 Å². The van der Waals surface area contributed by atoms with Crippen LogP contribution in [-0.4, -0.2) is 33.4 Å². The van der Waals surface area contributed by atoms with Crippen LogP contribution < -0.4 is 0 Å². The highest BCUT2D eigenvalue weighted by Gasteiger charge is 2.27. The molecule has 0 saturated heterocycles. The van der Waals surface area contributed by atoms with Crippen LogP contribution in [-0.2, 0) is 9.59 Å². The lowest BCUT2D eigenvalue weighted by Crippen LogP contribution is -2.30. The van der Waals surface area contributed by atoms with Gasteiger partial charge < -0.3 is 15.3 Å². The molecule has 0 spiro atoms. The number of carboxylic acid groups (broad SMARTS) is 2. The van der Waals surface area contributed by atoms with Crippen LogP contribution in [0, 0.1) is 5.92 Å². The Hall–Kier alpha value is -1.10. The summed E-state index contributed by atoms with van der Waals surface area (Å²) in [5.74, 6) is -3.26. The number of carbonyl (C=O) groups is 2. The van der Waals surface area contributed by atoms with Gasteiger partial charge in [0, 0.05) is 0 Å². The van der Waals surface area contributed by atoms with Crippen LogP contribution in [0.3, 0.4) is 0 Å². The second-order valence-corrected chi connectivity index (χ2v) is 3.96. The summed E-state index contributed by atoms with van der Waals surface area (Å²) in [4.78, 5) is 21.2. The molecule has 0 saturated carbocycles. The number of rotatable bonds is 9. The molecule has 2 atom stereocenters. The summed E-state index contributed by atoms with van der Waals surface area (Å²) >= 11 is 0. The van der Waals surface area contributed by atoms with Gasteiger partial charge in [-0.15, -0.1) is 0 Å². The maximum Gasteiger partial charge on any atom is 0.309 e. The standard InChI is InChI=1S/C11H20O5/c1-2-3-4-5-6-8(11(15)16)9(12)7-10(13)14/h8-9,12H,2-7H2,1H3,(H,13,14)(H,15,16)/t8-,9-/m0/s1. The first-order chi connectivity index (χ1) is 7.49. The van der Waals surface area contributed by atoms with E-state index >= 15 is 0 Å². The topological polar surface area (TPSA) is 94.8 Å². The number of hydrogen-bond donors (Lipinski definition) is 3. The third kappa shape index (κ3) is 6.40. The average Bonchev–Trinajstić information content (AvgIpc) is 2.15. The van der Waals surface area contributed by atoms with E-state index < -0.39 is 30.4 Å². The van der Waals surface area contributed by atoms with Gasteiger partial charge in [0.25, 0.3) is 0 Å². The molecule has 0 radical (unpaired) electrons. The first-order valence-electron chi connectivity index (χ1n) is 5.61. The van der Waals surface area contributed by atoms with Gasteiger partial charge in [0.05, 0.1) is 18.4 Å². The Balaban J connectivity index is 4.06. The van der Waals surface area contributed by atoms with Crippen LogP contribution in [0.15, 0.2) is 0 Å². The Morgan fingerprint density at radius 1 is 1.12 bits per heavy atom. The number of unbranched alkanes of at least 4 members (excludes halogenated alkanes) is 3. The van der Waals surface area contributed by atoms with E-state index in [0.29, 0.717) is 12.8 Å². The summed E-state index contributed by atoms with van der Waals surface area (Å²) in [6.07, 6.45) is 2.24. The number of hydrogen-bond acceptors (Lipinski definition) is 3. The predicted molar refractivity (Wildman–Crippen MR) is 58.1 cm³/mol. The number of aliphatic carboxylic acids is 2. The fourth-order valence-corrected chi connectivity index (χ4v) is 1.59. The Bertz CT molecular complexity index is 226. The van der Waals surface area contributed by atoms with Crippen LogP contribution >= 0.6 is 0 Å². The maximum absolute atomic E-state index is 10.8. The molecule has 0 aliphatic heterocycles. The highest BCUT2D eigenvalue weighted by molar-refractivity contribution is 5.73. The SMILES string of the molecule is CCCCCC[C@H](C(=O)O)[C@@H](O)CC(=O)O. The van der Waals surface area contributed by atoms with Gasteiger partial charge in [0.2, 0.25) is 0 Å². The first-order valence-corrected chi connectivity index (χ1v) is 5.61. The monoisotopic (exact) mass is 232 g/mol. The van der Waals surface area contributed by atoms with E-state index in [1.165, 1.54) is 0 Å². The molecule has 0 aromatic rings. The summed E-state index contributed by atoms with van der Waals surface area (Å²) in [6, 6.07) is 0. The van der Waals surface area contributed by atoms with E-state index in [9.17, 15) is 14.7 Å². The molecular weight excluding hydrogens is 212 g/mol. The van der Waals surface area contributed by atoms with Crippen molar-refractivity contribution < 1.29 is 24.9 Å². The van der Waals surface area contributed by atoms with Crippen LogP contribution in [0.5, 0.6) is 0 Å². The fraction of sp³-hybridized carbons (Fsp3) is 0.818. The zero-order valence-electron chi connectivity index (χ0n) is 9.56. The third-order valence-electron chi connectivity index (χ3n) is 2.53. The lowest BCUT2D eigenvalue weighted by atomic mass is 9.93. The number of aliphatic hydroxyl groups excluding tert-OH is 1. The molecule has 0 bridgehead atoms. The maximum atomic E-state index is 10.8. The largest absolute Gasteiger partial charge is 0.481 e. The fourth-order valence-electron chi connectivity index (χ4n) is 1.59. The summed E-state index contributed by atoms with van der Waals surface area (Å²) in [7, 11) is 0. The average molecular weight is 232 g/mol. The lowest BCUT2D eigenvalue weighted by molar-refractivity contribution is -0.148. The van der Waals surface area contributed by atoms with E-state index in [1.54, 1.807) is 0 Å². The zero-order chi connectivity index (χ0) is 12.6. The molecule has 0 amide bonds. The number of carboxylic acids is 2. The van der Waals surface area contributed by atoms with Crippen molar-refractivity contribution in [3.05, 3.63) is 0 Å². The Labute approximate surface area is 95.1 Å². The van der Waals surface area contributed by atoms with Crippen molar-refractivity contribution in [1.29, 1.82) is 0 Å². The Kier molecular flexibility index (Phi) is 7.54. The highest BCUT2D eigenvalue weighted by Crippen LogP contribution is 2.17. The van der Waals surface area contributed by atoms with Gasteiger partial charge in [-0.2, -0.15) is 0 Å². The lowest BCUT2D eigenvalue weighted by Gasteiger charge is -2.17. The summed E-state index contributed by atoms with van der Waals surface area (Å²) in [5.41, 5.74) is 0. The molecule has 0 aliphatic carbocycles. The minimum absolute atomic E-state index is 0.337. The van der Waals surface area contributed by atoms with Gasteiger partial charge in [-0.25, -0.2) is 0 Å². The molecule has 0 unspecified atom stereocenters. The van der Waals surface area contributed by atoms with Crippen molar-refractivity contribution >= 4 is 11.9 Å². The van der Waals surface area contributed by atoms with E-state index in [-0.39, 0.29) is 0 Å². The molecular formula is C11H20O5. The van der Waals surface area contributed by atoms with Crippen molar-refractivity contribution in [2.75, 3.05) is 0 Å². The molecule has 0 rings (SSSR count). The van der Waals surface area contributed by atoms with Crippen LogP contribution in [0.2, 0.25) is 0 Å². The highest BCUT2D eigenvalue weighted by atomic mass is 16.4. The molecule has 5 nitrogen and oxygen atoms in total. The normalized spacial score (nSPS) is 14.4. The second-order valence-electron chi connectivity index (χ2n) is 3.96. The molecule has 0 heterocycles. The van der Waals surface area contributed by atoms with Crippen molar-refractivity contribution in [2.24, 2.45) is 5.92 Å². The summed E-state index contributed by atoms with van der Waals surface area (Å²) < 4.78 is 0. The van der Waals surface area contributed by atoms with Gasteiger partial charge in [0.15, 0.2) is 0 Å². The van der Waals surface area contributed by atoms with E-state index in [0.717, 1.165) is 19.3 Å². The minimum atomic E-state index is -1.29. The summed E-state index contributed by atoms with van der Waals surface area (Å²) in [5, 5.41) is 26.8. The third-order valence-corrected chi connectivity index (χ3v) is 2.53. The van der Waals surface area contributed by atoms with E-state index in [2.05, 4.69) is 0 Å². The van der Waals surface area contributed by atoms with Crippen molar-refractivity contribution in [2.45, 2.75) is 51.6 Å². The summed E-state index contributed by atoms with van der Waals surface area (Å²) in [6.45, 7) is 2.05. The smallest absolute Gasteiger partial charge is 0.309 e. The van der Waals surface area contributed by atoms with Crippen LogP contribution in [0.1, 0.15) is 45.4 Å². The quantitative estimate of drug-likeness (QED) is 0.523. The van der Waals surface area contributed by atoms with Gasteiger partial charge in [-0.05, 0) is 6.42 Å². The molecule has 5 heteroatoms. The molecule has 0 aliphatic rings. The van der Waals surface area contributed by atoms with Crippen molar-refractivity contribution in [1.82, 2.24) is 0 Å². The molecule has 0 aromatic carbocycles. The Morgan fingerprint density at radius 3 is 2.19 bits per heavy atom. The molecule has 94 valence electrons. The molecule has 0 fully saturated rings. The van der Waals surface area contributed by atoms with Crippen molar-refractivity contribution in [3.63, 3.8) is 0 Å². The number of aliphatic hydroxyl groups is 1. The predicted octanol–water partition coefficient (Wildman–Crippen LogP) is 1.49. The van der Waals surface area contributed by atoms with E-state index in [4.69, 9.17) is 10.2 Å². The van der Waals surface area contributed by atoms with Gasteiger partial charge in [0.1, 0.15) is 0 Å². The van der Waals surface area contributed by atoms with Crippen LogP contribution in [0.4, 0.5) is 0 Å².